The van der Waals surface area contributed by atoms with Crippen molar-refractivity contribution in [3.63, 3.8) is 0 Å². The number of aromatic amines is 1. The van der Waals surface area contributed by atoms with Gasteiger partial charge in [-0.3, -0.25) is 0 Å². The van der Waals surface area contributed by atoms with Crippen molar-refractivity contribution in [3.8, 4) is 16.9 Å². The monoisotopic (exact) mass is 415 g/mol. The molecule has 140 valence electrons. The highest BCUT2D eigenvalue weighted by Crippen LogP contribution is 2.40. The van der Waals surface area contributed by atoms with E-state index in [1.807, 2.05) is 0 Å². The number of halogens is 4. The van der Waals surface area contributed by atoms with Gasteiger partial charge in [0.05, 0.1) is 4.90 Å². The van der Waals surface area contributed by atoms with Crippen molar-refractivity contribution in [1.82, 2.24) is 15.4 Å². The van der Waals surface area contributed by atoms with Crippen molar-refractivity contribution in [2.75, 3.05) is 0 Å². The van der Waals surface area contributed by atoms with Gasteiger partial charge in [-0.2, -0.15) is 5.21 Å². The summed E-state index contributed by atoms with van der Waals surface area (Å²) in [4.78, 5) is 11.1. The quantitative estimate of drug-likeness (QED) is 0.618. The first kappa shape index (κ1) is 19.1. The summed E-state index contributed by atoms with van der Waals surface area (Å²) in [6.07, 6.45) is -4.92. The molecule has 0 aliphatic heterocycles. The minimum Gasteiger partial charge on any atom is -0.476 e. The highest BCUT2D eigenvalue weighted by molar-refractivity contribution is 7.99. The number of benzene rings is 2. The van der Waals surface area contributed by atoms with Gasteiger partial charge in [0.1, 0.15) is 5.75 Å². The second kappa shape index (κ2) is 7.49. The number of aromatic nitrogens is 3. The zero-order valence-electron chi connectivity index (χ0n) is 13.1. The van der Waals surface area contributed by atoms with Crippen LogP contribution in [0.1, 0.15) is 10.5 Å². The minimum atomic E-state index is -4.92. The molecule has 11 heteroatoms. The summed E-state index contributed by atoms with van der Waals surface area (Å²) in [7, 11) is 0. The molecule has 2 aromatic carbocycles. The van der Waals surface area contributed by atoms with Crippen molar-refractivity contribution in [3.05, 3.63) is 53.2 Å². The fraction of sp³-hybridized carbons (Fsp3) is 0.0625. The highest BCUT2D eigenvalue weighted by atomic mass is 35.5. The van der Waals surface area contributed by atoms with E-state index < -0.39 is 23.8 Å². The van der Waals surface area contributed by atoms with E-state index in [4.69, 9.17) is 16.7 Å². The summed E-state index contributed by atoms with van der Waals surface area (Å²) in [5.41, 5.74) is 0.698. The van der Waals surface area contributed by atoms with E-state index in [9.17, 15) is 18.0 Å². The Bertz CT molecular complexity index is 977. The van der Waals surface area contributed by atoms with Crippen molar-refractivity contribution >= 4 is 29.3 Å². The zero-order valence-corrected chi connectivity index (χ0v) is 14.7. The molecule has 0 unspecified atom stereocenters. The number of carboxylic acid groups (broad SMARTS) is 1. The van der Waals surface area contributed by atoms with E-state index in [0.717, 1.165) is 0 Å². The van der Waals surface area contributed by atoms with Crippen LogP contribution in [0.3, 0.4) is 0 Å². The maximum atomic E-state index is 12.8. The lowest BCUT2D eigenvalue weighted by Crippen LogP contribution is -2.17. The summed E-state index contributed by atoms with van der Waals surface area (Å²) in [6.45, 7) is 0. The second-order valence-electron chi connectivity index (χ2n) is 5.10. The molecule has 0 radical (unpaired) electrons. The zero-order chi connectivity index (χ0) is 19.6. The molecule has 0 saturated heterocycles. The van der Waals surface area contributed by atoms with Crippen LogP contribution in [0.4, 0.5) is 13.2 Å². The molecule has 3 aromatic rings. The van der Waals surface area contributed by atoms with Gasteiger partial charge in [0.25, 0.3) is 0 Å². The van der Waals surface area contributed by atoms with E-state index in [1.54, 1.807) is 30.3 Å². The van der Waals surface area contributed by atoms with Crippen LogP contribution < -0.4 is 4.74 Å². The van der Waals surface area contributed by atoms with E-state index in [1.165, 1.54) is 12.1 Å². The maximum Gasteiger partial charge on any atom is 0.573 e. The van der Waals surface area contributed by atoms with Gasteiger partial charge in [-0.05, 0) is 35.4 Å². The number of nitrogens with one attached hydrogen (secondary N) is 1. The van der Waals surface area contributed by atoms with Crippen LogP contribution in [0, 0.1) is 0 Å². The van der Waals surface area contributed by atoms with Crippen molar-refractivity contribution in [2.45, 2.75) is 16.3 Å². The topological polar surface area (TPSA) is 88.1 Å². The minimum absolute atomic E-state index is 0.0291. The molecule has 1 heterocycles. The Morgan fingerprint density at radius 1 is 1.11 bits per heavy atom. The molecule has 1 aromatic heterocycles. The third-order valence-electron chi connectivity index (χ3n) is 3.27. The van der Waals surface area contributed by atoms with Gasteiger partial charge in [0.2, 0.25) is 5.69 Å². The smallest absolute Gasteiger partial charge is 0.476 e. The molecule has 27 heavy (non-hydrogen) atoms. The van der Waals surface area contributed by atoms with Gasteiger partial charge >= 0.3 is 12.3 Å². The number of aromatic carboxylic acids is 1. The van der Waals surface area contributed by atoms with Gasteiger partial charge in [0, 0.05) is 5.02 Å². The molecule has 0 bridgehead atoms. The molecule has 0 spiro atoms. The number of nitrogens with zero attached hydrogens (tertiary/aromatic N) is 2. The van der Waals surface area contributed by atoms with Crippen molar-refractivity contribution < 1.29 is 27.8 Å². The number of hydrogen-bond donors (Lipinski definition) is 2. The average molecular weight is 416 g/mol. The van der Waals surface area contributed by atoms with Crippen molar-refractivity contribution in [1.29, 1.82) is 0 Å². The number of carbonyl (C=O) groups is 1. The molecule has 0 aliphatic carbocycles. The summed E-state index contributed by atoms with van der Waals surface area (Å²) in [5.74, 6) is -1.85. The molecule has 6 nitrogen and oxygen atoms in total. The van der Waals surface area contributed by atoms with Crippen molar-refractivity contribution in [2.24, 2.45) is 0 Å². The van der Waals surface area contributed by atoms with E-state index in [0.29, 0.717) is 27.9 Å². The normalized spacial score (nSPS) is 11.4. The lowest BCUT2D eigenvalue weighted by atomic mass is 10.1. The average Bonchev–Trinajstić information content (AvgIpc) is 3.04. The second-order valence-corrected chi connectivity index (χ2v) is 6.57. The third-order valence-corrected chi connectivity index (χ3v) is 4.56. The largest absolute Gasteiger partial charge is 0.573 e. The molecule has 3 rings (SSSR count). The van der Waals surface area contributed by atoms with Crippen LogP contribution in [0.5, 0.6) is 5.75 Å². The van der Waals surface area contributed by atoms with E-state index in [-0.39, 0.29) is 9.92 Å². The van der Waals surface area contributed by atoms with Gasteiger partial charge < -0.3 is 9.84 Å². The molecular weight excluding hydrogens is 407 g/mol. The van der Waals surface area contributed by atoms with Gasteiger partial charge in [0.15, 0.2) is 5.03 Å². The molecule has 0 fully saturated rings. The molecular formula is C16H9ClF3N3O3S. The Balaban J connectivity index is 2.01. The SMILES string of the molecule is O=C(O)c1n[nH]nc1Sc1ccc(-c2ccc(Cl)cc2)cc1OC(F)(F)F. The highest BCUT2D eigenvalue weighted by Gasteiger charge is 2.33. The number of ether oxygens (including phenoxy) is 1. The summed E-state index contributed by atoms with van der Waals surface area (Å²) in [5, 5.41) is 18.7. The van der Waals surface area contributed by atoms with E-state index in [2.05, 4.69) is 20.1 Å². The Kier molecular flexibility index (Phi) is 5.29. The molecule has 0 saturated carbocycles. The summed E-state index contributed by atoms with van der Waals surface area (Å²) in [6, 6.07) is 10.7. The number of hydrogen-bond acceptors (Lipinski definition) is 5. The first-order valence-corrected chi connectivity index (χ1v) is 8.40. The fourth-order valence-corrected chi connectivity index (χ4v) is 3.14. The standard InChI is InChI=1S/C16H9ClF3N3O3S/c17-10-4-1-8(2-5-10)9-3-6-12(11(7-9)26-16(18,19)20)27-14-13(15(24)25)21-23-22-14/h1-7H,(H,24,25)(H,21,22,23). The fourth-order valence-electron chi connectivity index (χ4n) is 2.15. The van der Waals surface area contributed by atoms with Crippen LogP contribution in [0.2, 0.25) is 5.02 Å². The van der Waals surface area contributed by atoms with Crippen LogP contribution in [-0.4, -0.2) is 32.8 Å². The number of rotatable bonds is 5. The lowest BCUT2D eigenvalue weighted by Gasteiger charge is -2.14. The van der Waals surface area contributed by atoms with Crippen LogP contribution >= 0.6 is 23.4 Å². The van der Waals surface area contributed by atoms with Gasteiger partial charge in [-0.15, -0.1) is 23.4 Å². The molecule has 0 atom stereocenters. The first-order chi connectivity index (χ1) is 12.7. The Morgan fingerprint density at radius 3 is 2.41 bits per heavy atom. The Hall–Kier alpha value is -2.72. The van der Waals surface area contributed by atoms with Crippen LogP contribution in [0.25, 0.3) is 11.1 Å². The predicted molar refractivity (Wildman–Crippen MR) is 91.0 cm³/mol. The number of alkyl halides is 3. The molecule has 2 N–H and O–H groups in total. The molecule has 0 aliphatic rings. The Morgan fingerprint density at radius 2 is 1.78 bits per heavy atom. The lowest BCUT2D eigenvalue weighted by molar-refractivity contribution is -0.275. The predicted octanol–water partition coefficient (Wildman–Crippen LogP) is 4.87. The van der Waals surface area contributed by atoms with Crippen LogP contribution in [-0.2, 0) is 0 Å². The number of H-pyrrole nitrogens is 1. The molecule has 0 amide bonds. The van der Waals surface area contributed by atoms with Gasteiger partial charge in [-0.25, -0.2) is 4.79 Å². The maximum absolute atomic E-state index is 12.8. The number of carboxylic acids is 1. The summed E-state index contributed by atoms with van der Waals surface area (Å²) >= 11 is 6.51. The Labute approximate surface area is 159 Å². The van der Waals surface area contributed by atoms with Gasteiger partial charge in [-0.1, -0.05) is 41.6 Å². The summed E-state index contributed by atoms with van der Waals surface area (Å²) < 4.78 is 42.6. The van der Waals surface area contributed by atoms with Crippen LogP contribution in [0.15, 0.2) is 52.4 Å². The van der Waals surface area contributed by atoms with E-state index >= 15 is 0 Å². The third kappa shape index (κ3) is 4.72. The first-order valence-electron chi connectivity index (χ1n) is 7.20.